The predicted octanol–water partition coefficient (Wildman–Crippen LogP) is 0.877. The van der Waals surface area contributed by atoms with Gasteiger partial charge in [0.2, 0.25) is 0 Å². The van der Waals surface area contributed by atoms with E-state index in [1.165, 1.54) is 24.3 Å². The van der Waals surface area contributed by atoms with E-state index < -0.39 is 32.3 Å². The molecule has 0 aliphatic carbocycles. The summed E-state index contributed by atoms with van der Waals surface area (Å²) >= 11 is 0. The van der Waals surface area contributed by atoms with Crippen LogP contribution in [0.1, 0.15) is 12.5 Å². The molecule has 1 heterocycles. The Hall–Kier alpha value is -1.87. The number of aliphatic hydroxyl groups is 1. The van der Waals surface area contributed by atoms with Crippen molar-refractivity contribution in [3.63, 3.8) is 0 Å². The van der Waals surface area contributed by atoms with Crippen molar-refractivity contribution >= 4 is 9.84 Å². The standard InChI is InChI=1S/C13H15F2N3O3S/c1-9(22(2,20)21)13(19,6-18-8-16-7-17-18)11-4-3-10(14)5-12(11)15/h3-5,7-9,19H,6H2,1-2H3/t9?,13-/m0/s1. The van der Waals surface area contributed by atoms with Crippen LogP contribution in [0.5, 0.6) is 0 Å². The molecule has 1 N–H and O–H groups in total. The number of benzene rings is 1. The fourth-order valence-corrected chi connectivity index (χ4v) is 3.10. The summed E-state index contributed by atoms with van der Waals surface area (Å²) < 4.78 is 52.1. The molecule has 0 radical (unpaired) electrons. The van der Waals surface area contributed by atoms with Gasteiger partial charge in [-0.3, -0.25) is 0 Å². The quantitative estimate of drug-likeness (QED) is 0.879. The second-order valence-electron chi connectivity index (χ2n) is 5.11. The first-order chi connectivity index (χ1) is 10.1. The summed E-state index contributed by atoms with van der Waals surface area (Å²) in [6.45, 7) is 0.916. The molecular formula is C13H15F2N3O3S. The van der Waals surface area contributed by atoms with Crippen LogP contribution in [0.4, 0.5) is 8.78 Å². The smallest absolute Gasteiger partial charge is 0.153 e. The second kappa shape index (κ2) is 5.73. The van der Waals surface area contributed by atoms with E-state index in [1.54, 1.807) is 0 Å². The monoisotopic (exact) mass is 331 g/mol. The topological polar surface area (TPSA) is 85.1 Å². The third-order valence-electron chi connectivity index (χ3n) is 3.58. The lowest BCUT2D eigenvalue weighted by atomic mass is 9.90. The third kappa shape index (κ3) is 3.14. The first kappa shape index (κ1) is 16.5. The molecule has 2 rings (SSSR count). The fourth-order valence-electron chi connectivity index (χ4n) is 2.19. The molecule has 0 amide bonds. The van der Waals surface area contributed by atoms with Crippen LogP contribution in [0.3, 0.4) is 0 Å². The van der Waals surface area contributed by atoms with Gasteiger partial charge in [0.1, 0.15) is 29.9 Å². The minimum absolute atomic E-state index is 0.317. The molecule has 9 heteroatoms. The molecule has 1 unspecified atom stereocenters. The van der Waals surface area contributed by atoms with E-state index in [-0.39, 0.29) is 12.1 Å². The number of aromatic nitrogens is 3. The molecule has 0 fully saturated rings. The highest BCUT2D eigenvalue weighted by Crippen LogP contribution is 2.33. The summed E-state index contributed by atoms with van der Waals surface area (Å²) in [6, 6.07) is 2.58. The number of nitrogens with zero attached hydrogens (tertiary/aromatic N) is 3. The van der Waals surface area contributed by atoms with E-state index in [1.807, 2.05) is 0 Å². The molecule has 2 atom stereocenters. The summed E-state index contributed by atoms with van der Waals surface area (Å²) in [6.07, 6.45) is 3.40. The van der Waals surface area contributed by atoms with Gasteiger partial charge in [0.25, 0.3) is 0 Å². The van der Waals surface area contributed by atoms with Crippen molar-refractivity contribution in [2.75, 3.05) is 6.26 Å². The average molecular weight is 331 g/mol. The van der Waals surface area contributed by atoms with Gasteiger partial charge in [-0.15, -0.1) is 0 Å². The van der Waals surface area contributed by atoms with Crippen LogP contribution < -0.4 is 0 Å². The zero-order valence-corrected chi connectivity index (χ0v) is 12.8. The van der Waals surface area contributed by atoms with Gasteiger partial charge in [-0.25, -0.2) is 26.9 Å². The third-order valence-corrected chi connectivity index (χ3v) is 5.26. The minimum Gasteiger partial charge on any atom is -0.382 e. The first-order valence-corrected chi connectivity index (χ1v) is 8.29. The van der Waals surface area contributed by atoms with E-state index in [9.17, 15) is 22.3 Å². The molecule has 1 aromatic heterocycles. The molecule has 0 saturated heterocycles. The SMILES string of the molecule is CC([C@@](O)(Cn1cncn1)c1ccc(F)cc1F)S(C)(=O)=O. The maximum atomic E-state index is 14.1. The molecule has 1 aromatic carbocycles. The molecule has 22 heavy (non-hydrogen) atoms. The maximum absolute atomic E-state index is 14.1. The highest BCUT2D eigenvalue weighted by atomic mass is 32.2. The largest absolute Gasteiger partial charge is 0.382 e. The van der Waals surface area contributed by atoms with E-state index in [0.29, 0.717) is 6.07 Å². The van der Waals surface area contributed by atoms with Crippen molar-refractivity contribution in [1.29, 1.82) is 0 Å². The van der Waals surface area contributed by atoms with Crippen LogP contribution >= 0.6 is 0 Å². The Morgan fingerprint density at radius 3 is 2.59 bits per heavy atom. The van der Waals surface area contributed by atoms with Crippen molar-refractivity contribution in [2.45, 2.75) is 24.3 Å². The molecule has 2 aromatic rings. The van der Waals surface area contributed by atoms with E-state index in [0.717, 1.165) is 18.4 Å². The number of halogens is 2. The molecule has 0 aliphatic heterocycles. The highest BCUT2D eigenvalue weighted by molar-refractivity contribution is 7.91. The van der Waals surface area contributed by atoms with Crippen LogP contribution in [0, 0.1) is 11.6 Å². The molecule has 0 saturated carbocycles. The summed E-state index contributed by atoms with van der Waals surface area (Å²) in [5.41, 5.74) is -2.44. The number of hydrogen-bond acceptors (Lipinski definition) is 5. The van der Waals surface area contributed by atoms with Crippen LogP contribution in [0.15, 0.2) is 30.9 Å². The van der Waals surface area contributed by atoms with Gasteiger partial charge < -0.3 is 5.11 Å². The Labute approximate surface area is 126 Å². The Balaban J connectivity index is 2.58. The number of rotatable bonds is 5. The van der Waals surface area contributed by atoms with Crippen LogP contribution in [-0.4, -0.2) is 39.8 Å². The Kier molecular flexibility index (Phi) is 4.30. The zero-order valence-electron chi connectivity index (χ0n) is 11.9. The van der Waals surface area contributed by atoms with Crippen molar-refractivity contribution in [2.24, 2.45) is 0 Å². The molecule has 120 valence electrons. The van der Waals surface area contributed by atoms with Crippen molar-refractivity contribution in [3.8, 4) is 0 Å². The zero-order chi connectivity index (χ0) is 16.5. The van der Waals surface area contributed by atoms with Gasteiger partial charge >= 0.3 is 0 Å². The van der Waals surface area contributed by atoms with E-state index in [2.05, 4.69) is 10.1 Å². The Morgan fingerprint density at radius 2 is 2.09 bits per heavy atom. The molecule has 0 aliphatic rings. The minimum atomic E-state index is -3.71. The lowest BCUT2D eigenvalue weighted by molar-refractivity contribution is 0.0111. The van der Waals surface area contributed by atoms with Gasteiger partial charge in [0.15, 0.2) is 9.84 Å². The summed E-state index contributed by atoms with van der Waals surface area (Å²) in [5.74, 6) is -1.85. The van der Waals surface area contributed by atoms with Crippen LogP contribution in [-0.2, 0) is 22.0 Å². The first-order valence-electron chi connectivity index (χ1n) is 6.34. The van der Waals surface area contributed by atoms with Gasteiger partial charge in [-0.05, 0) is 13.0 Å². The van der Waals surface area contributed by atoms with Gasteiger partial charge in [0.05, 0.1) is 11.8 Å². The Morgan fingerprint density at radius 1 is 1.41 bits per heavy atom. The average Bonchev–Trinajstić information content (AvgIpc) is 2.89. The lowest BCUT2D eigenvalue weighted by Crippen LogP contribution is -2.46. The summed E-state index contributed by atoms with van der Waals surface area (Å²) in [7, 11) is -3.71. The van der Waals surface area contributed by atoms with Gasteiger partial charge in [0, 0.05) is 17.9 Å². The number of sulfone groups is 1. The van der Waals surface area contributed by atoms with Crippen molar-refractivity contribution in [3.05, 3.63) is 48.1 Å². The predicted molar refractivity (Wildman–Crippen MR) is 74.6 cm³/mol. The van der Waals surface area contributed by atoms with Gasteiger partial charge in [-0.1, -0.05) is 6.07 Å². The normalized spacial score (nSPS) is 16.2. The Bertz CT molecular complexity index is 765. The summed E-state index contributed by atoms with van der Waals surface area (Å²) in [4.78, 5) is 3.70. The lowest BCUT2D eigenvalue weighted by Gasteiger charge is -2.33. The maximum Gasteiger partial charge on any atom is 0.153 e. The summed E-state index contributed by atoms with van der Waals surface area (Å²) in [5, 5.41) is 13.3. The van der Waals surface area contributed by atoms with Crippen LogP contribution in [0.2, 0.25) is 0 Å². The van der Waals surface area contributed by atoms with Crippen molar-refractivity contribution in [1.82, 2.24) is 14.8 Å². The van der Waals surface area contributed by atoms with Crippen molar-refractivity contribution < 1.29 is 22.3 Å². The highest BCUT2D eigenvalue weighted by Gasteiger charge is 2.44. The molecule has 0 bridgehead atoms. The van der Waals surface area contributed by atoms with Crippen LogP contribution in [0.25, 0.3) is 0 Å². The fraction of sp³-hybridized carbons (Fsp3) is 0.385. The van der Waals surface area contributed by atoms with E-state index >= 15 is 0 Å². The van der Waals surface area contributed by atoms with Gasteiger partial charge in [-0.2, -0.15) is 5.10 Å². The molecular weight excluding hydrogens is 316 g/mol. The molecule has 0 spiro atoms. The second-order valence-corrected chi connectivity index (χ2v) is 7.48. The number of hydrogen-bond donors (Lipinski definition) is 1. The molecule has 6 nitrogen and oxygen atoms in total. The van der Waals surface area contributed by atoms with E-state index in [4.69, 9.17) is 0 Å².